The molecule has 0 saturated carbocycles. The van der Waals surface area contributed by atoms with Crippen molar-refractivity contribution in [2.45, 2.75) is 6.54 Å². The van der Waals surface area contributed by atoms with Crippen LogP contribution in [-0.4, -0.2) is 25.0 Å². The van der Waals surface area contributed by atoms with Gasteiger partial charge >= 0.3 is 0 Å². The zero-order chi connectivity index (χ0) is 14.5. The van der Waals surface area contributed by atoms with E-state index in [0.29, 0.717) is 6.54 Å². The van der Waals surface area contributed by atoms with Crippen molar-refractivity contribution >= 4 is 11.7 Å². The van der Waals surface area contributed by atoms with Gasteiger partial charge in [0.1, 0.15) is 17.4 Å². The molecule has 3 N–H and O–H groups in total. The van der Waals surface area contributed by atoms with E-state index in [1.54, 1.807) is 13.3 Å². The summed E-state index contributed by atoms with van der Waals surface area (Å²) < 4.78 is 5.09. The molecular formula is C15H18N4O. The van der Waals surface area contributed by atoms with Gasteiger partial charge in [0, 0.05) is 19.2 Å². The minimum Gasteiger partial charge on any atom is -0.495 e. The summed E-state index contributed by atoms with van der Waals surface area (Å²) in [7, 11) is 3.59. The van der Waals surface area contributed by atoms with E-state index >= 15 is 0 Å². The maximum absolute atomic E-state index is 7.46. The van der Waals surface area contributed by atoms with E-state index in [4.69, 9.17) is 15.9 Å². The Bertz CT molecular complexity index is 595. The van der Waals surface area contributed by atoms with E-state index in [2.05, 4.69) is 4.98 Å². The summed E-state index contributed by atoms with van der Waals surface area (Å²) in [6.45, 7) is 0.695. The van der Waals surface area contributed by atoms with Gasteiger partial charge in [0.25, 0.3) is 0 Å². The third-order valence-corrected chi connectivity index (χ3v) is 3.01. The lowest BCUT2D eigenvalue weighted by molar-refractivity contribution is 0.413. The van der Waals surface area contributed by atoms with Crippen LogP contribution < -0.4 is 15.4 Å². The Morgan fingerprint density at radius 3 is 2.75 bits per heavy atom. The number of nitrogens with two attached hydrogens (primary N) is 1. The first kappa shape index (κ1) is 13.9. The van der Waals surface area contributed by atoms with Crippen LogP contribution in [0.2, 0.25) is 0 Å². The van der Waals surface area contributed by atoms with Crippen LogP contribution >= 0.6 is 0 Å². The molecule has 0 aliphatic heterocycles. The lowest BCUT2D eigenvalue weighted by Crippen LogP contribution is -2.18. The zero-order valence-electron chi connectivity index (χ0n) is 11.6. The largest absolute Gasteiger partial charge is 0.495 e. The van der Waals surface area contributed by atoms with E-state index < -0.39 is 0 Å². The number of nitrogens with one attached hydrogen (secondary N) is 1. The molecule has 5 nitrogen and oxygen atoms in total. The Morgan fingerprint density at radius 2 is 2.15 bits per heavy atom. The van der Waals surface area contributed by atoms with Crippen LogP contribution in [0.25, 0.3) is 0 Å². The molecular weight excluding hydrogens is 252 g/mol. The number of hydrogen-bond donors (Lipinski definition) is 2. The molecule has 2 rings (SSSR count). The molecule has 2 aromatic rings. The molecule has 0 fully saturated rings. The first-order valence-corrected chi connectivity index (χ1v) is 6.24. The molecule has 0 aliphatic carbocycles. The number of anilines is 1. The number of amidine groups is 1. The molecule has 0 radical (unpaired) electrons. The monoisotopic (exact) mass is 270 g/mol. The highest BCUT2D eigenvalue weighted by atomic mass is 16.5. The van der Waals surface area contributed by atoms with E-state index in [1.807, 2.05) is 48.3 Å². The van der Waals surface area contributed by atoms with Gasteiger partial charge in [-0.3, -0.25) is 5.41 Å². The highest BCUT2D eigenvalue weighted by Crippen LogP contribution is 2.16. The van der Waals surface area contributed by atoms with Gasteiger partial charge in [-0.15, -0.1) is 0 Å². The third-order valence-electron chi connectivity index (χ3n) is 3.01. The van der Waals surface area contributed by atoms with E-state index in [-0.39, 0.29) is 5.84 Å². The molecule has 0 amide bonds. The summed E-state index contributed by atoms with van der Waals surface area (Å²) in [4.78, 5) is 6.36. The van der Waals surface area contributed by atoms with Crippen molar-refractivity contribution in [2.75, 3.05) is 19.1 Å². The first-order valence-electron chi connectivity index (χ1n) is 6.24. The Labute approximate surface area is 118 Å². The van der Waals surface area contributed by atoms with Crippen molar-refractivity contribution in [1.82, 2.24) is 4.98 Å². The molecule has 104 valence electrons. The standard InChI is InChI=1S/C15H18N4O/c1-19(14-7-6-13(20-2)9-18-14)10-11-4-3-5-12(8-11)15(16)17/h3-9H,10H2,1-2H3,(H3,16,17). The fourth-order valence-electron chi connectivity index (χ4n) is 1.91. The molecule has 0 atom stereocenters. The predicted octanol–water partition coefficient (Wildman–Crippen LogP) is 2.01. The third kappa shape index (κ3) is 3.26. The Balaban J connectivity index is 2.12. The lowest BCUT2D eigenvalue weighted by atomic mass is 10.1. The summed E-state index contributed by atoms with van der Waals surface area (Å²) in [5, 5.41) is 7.46. The molecule has 5 heteroatoms. The topological polar surface area (TPSA) is 75.2 Å². The Morgan fingerprint density at radius 1 is 1.35 bits per heavy atom. The summed E-state index contributed by atoms with van der Waals surface area (Å²) in [6, 6.07) is 11.5. The highest BCUT2D eigenvalue weighted by Gasteiger charge is 2.05. The van der Waals surface area contributed by atoms with Gasteiger partial charge in [-0.25, -0.2) is 4.98 Å². The van der Waals surface area contributed by atoms with Gasteiger partial charge in [0.15, 0.2) is 0 Å². The maximum Gasteiger partial charge on any atom is 0.137 e. The van der Waals surface area contributed by atoms with Crippen molar-refractivity contribution in [3.05, 3.63) is 53.7 Å². The second-order valence-electron chi connectivity index (χ2n) is 4.53. The minimum absolute atomic E-state index is 0.0806. The number of pyridine rings is 1. The predicted molar refractivity (Wildman–Crippen MR) is 80.4 cm³/mol. The number of aromatic nitrogens is 1. The quantitative estimate of drug-likeness (QED) is 0.643. The Kier molecular flexibility index (Phi) is 4.20. The number of nitrogens with zero attached hydrogens (tertiary/aromatic N) is 2. The van der Waals surface area contributed by atoms with Crippen LogP contribution in [0.5, 0.6) is 5.75 Å². The number of rotatable bonds is 5. The second kappa shape index (κ2) is 6.06. The van der Waals surface area contributed by atoms with Gasteiger partial charge in [0.2, 0.25) is 0 Å². The summed E-state index contributed by atoms with van der Waals surface area (Å²) in [6.07, 6.45) is 1.69. The van der Waals surface area contributed by atoms with Crippen molar-refractivity contribution in [1.29, 1.82) is 5.41 Å². The van der Waals surface area contributed by atoms with E-state index in [9.17, 15) is 0 Å². The highest BCUT2D eigenvalue weighted by molar-refractivity contribution is 5.95. The molecule has 0 spiro atoms. The van der Waals surface area contributed by atoms with Gasteiger partial charge < -0.3 is 15.4 Å². The van der Waals surface area contributed by atoms with Crippen molar-refractivity contribution in [3.8, 4) is 5.75 Å². The van der Waals surface area contributed by atoms with Gasteiger partial charge in [-0.05, 0) is 23.8 Å². The Hall–Kier alpha value is -2.56. The van der Waals surface area contributed by atoms with E-state index in [0.717, 1.165) is 22.7 Å². The average molecular weight is 270 g/mol. The van der Waals surface area contributed by atoms with Gasteiger partial charge in [0.05, 0.1) is 13.3 Å². The molecule has 1 heterocycles. The number of benzene rings is 1. The average Bonchev–Trinajstić information content (AvgIpc) is 2.47. The number of methoxy groups -OCH3 is 1. The smallest absolute Gasteiger partial charge is 0.137 e. The fraction of sp³-hybridized carbons (Fsp3) is 0.200. The van der Waals surface area contributed by atoms with Crippen LogP contribution in [0.15, 0.2) is 42.6 Å². The minimum atomic E-state index is 0.0806. The summed E-state index contributed by atoms with van der Waals surface area (Å²) >= 11 is 0. The first-order chi connectivity index (χ1) is 9.60. The molecule has 0 aliphatic rings. The number of nitrogen functional groups attached to an aromatic ring is 1. The number of ether oxygens (including phenoxy) is 1. The molecule has 1 aromatic carbocycles. The normalized spacial score (nSPS) is 10.1. The maximum atomic E-state index is 7.46. The van der Waals surface area contributed by atoms with Crippen molar-refractivity contribution in [3.63, 3.8) is 0 Å². The zero-order valence-corrected chi connectivity index (χ0v) is 11.6. The van der Waals surface area contributed by atoms with Gasteiger partial charge in [-0.1, -0.05) is 18.2 Å². The van der Waals surface area contributed by atoms with Gasteiger partial charge in [-0.2, -0.15) is 0 Å². The summed E-state index contributed by atoms with van der Waals surface area (Å²) in [5.41, 5.74) is 7.32. The molecule has 1 aromatic heterocycles. The molecule has 20 heavy (non-hydrogen) atoms. The summed E-state index contributed by atoms with van der Waals surface area (Å²) in [5.74, 6) is 1.68. The molecule has 0 unspecified atom stereocenters. The van der Waals surface area contributed by atoms with Crippen LogP contribution in [0.3, 0.4) is 0 Å². The number of hydrogen-bond acceptors (Lipinski definition) is 4. The van der Waals surface area contributed by atoms with Crippen molar-refractivity contribution in [2.24, 2.45) is 5.73 Å². The SMILES string of the molecule is COc1ccc(N(C)Cc2cccc(C(=N)N)c2)nc1. The van der Waals surface area contributed by atoms with E-state index in [1.165, 1.54) is 0 Å². The van der Waals surface area contributed by atoms with Crippen LogP contribution in [0.1, 0.15) is 11.1 Å². The molecule has 0 bridgehead atoms. The van der Waals surface area contributed by atoms with Crippen molar-refractivity contribution < 1.29 is 4.74 Å². The second-order valence-corrected chi connectivity index (χ2v) is 4.53. The molecule has 0 saturated heterocycles. The van der Waals surface area contributed by atoms with Crippen LogP contribution in [0, 0.1) is 5.41 Å². The fourth-order valence-corrected chi connectivity index (χ4v) is 1.91. The van der Waals surface area contributed by atoms with Crippen LogP contribution in [-0.2, 0) is 6.54 Å². The van der Waals surface area contributed by atoms with Crippen LogP contribution in [0.4, 0.5) is 5.82 Å². The lowest BCUT2D eigenvalue weighted by Gasteiger charge is -2.18.